The Morgan fingerprint density at radius 1 is 1.00 bits per heavy atom. The molecule has 3 fully saturated rings. The molecule has 0 saturated carbocycles. The predicted molar refractivity (Wildman–Crippen MR) is 207 cm³/mol. The van der Waals surface area contributed by atoms with E-state index in [1.54, 1.807) is 34.6 Å². The molecule has 0 aromatic carbocycles. The van der Waals surface area contributed by atoms with Gasteiger partial charge in [-0.2, -0.15) is 0 Å². The summed E-state index contributed by atoms with van der Waals surface area (Å²) in [7, 11) is 5.29. The van der Waals surface area contributed by atoms with Crippen molar-refractivity contribution in [1.29, 1.82) is 0 Å². The minimum absolute atomic E-state index is 0.0963. The van der Waals surface area contributed by atoms with Crippen molar-refractivity contribution in [2.45, 2.75) is 185 Å². The van der Waals surface area contributed by atoms with Crippen molar-refractivity contribution in [2.75, 3.05) is 47.4 Å². The van der Waals surface area contributed by atoms with E-state index in [4.69, 9.17) is 28.4 Å². The van der Waals surface area contributed by atoms with Crippen molar-refractivity contribution in [3.63, 3.8) is 0 Å². The smallest absolute Gasteiger partial charge is 0.311 e. The Bertz CT molecular complexity index is 1200. The summed E-state index contributed by atoms with van der Waals surface area (Å²) in [5.74, 6) is -2.64. The van der Waals surface area contributed by atoms with E-state index in [0.29, 0.717) is 26.1 Å². The van der Waals surface area contributed by atoms with Crippen molar-refractivity contribution in [3.8, 4) is 0 Å². The highest BCUT2D eigenvalue weighted by Crippen LogP contribution is 2.43. The number of cyclic esters (lactones) is 1. The molecule has 3 aliphatic heterocycles. The number of carbonyl (C=O) groups is 1. The van der Waals surface area contributed by atoms with Gasteiger partial charge < -0.3 is 69.5 Å². The molecule has 8 unspecified atom stereocenters. The van der Waals surface area contributed by atoms with Gasteiger partial charge in [0.2, 0.25) is 0 Å². The van der Waals surface area contributed by atoms with Gasteiger partial charge in [0.25, 0.3) is 0 Å². The lowest BCUT2D eigenvalue weighted by Crippen LogP contribution is -2.70. The monoisotopic (exact) mass is 792 g/mol. The number of nitrogens with zero attached hydrogens (tertiary/aromatic N) is 1. The Morgan fingerprint density at radius 2 is 1.65 bits per heavy atom. The highest BCUT2D eigenvalue weighted by atomic mass is 16.7. The molecule has 3 rings (SSSR count). The highest BCUT2D eigenvalue weighted by Gasteiger charge is 2.58. The second-order valence-corrected chi connectivity index (χ2v) is 17.7. The molecule has 55 heavy (non-hydrogen) atoms. The minimum Gasteiger partial charge on any atom is -0.459 e. The molecule has 0 aliphatic carbocycles. The standard InChI is InChI=1S/C40H77N3O12/c1-14-17-41-22-40(49)27(7)52-30(20-38(40,9)50-13)54-32-24(4)34(55-36-31(44)28(43(11)12)16-18-51-36)37(8,47)19-23(3)21-42-26(6)33(45)39(10,48)29(15-2)53-35(46)25(32)5/h23-34,36,41-42,44-45,47-49H,14-22H2,1-13H3/t23-,24?,25?,26-,27?,28?,29?,30?,31-,32?,33-,34-,36?,37+,38-,39-,40+/m1/s1. The van der Waals surface area contributed by atoms with Gasteiger partial charge in [-0.3, -0.25) is 4.79 Å². The third-order valence-corrected chi connectivity index (χ3v) is 12.8. The third-order valence-electron chi connectivity index (χ3n) is 12.8. The first kappa shape index (κ1) is 48.3. The van der Waals surface area contributed by atoms with Gasteiger partial charge in [0.15, 0.2) is 12.6 Å². The summed E-state index contributed by atoms with van der Waals surface area (Å²) in [5.41, 5.74) is -5.93. The average Bonchev–Trinajstić information content (AvgIpc) is 3.11. The quantitative estimate of drug-likeness (QED) is 0.117. The molecule has 0 amide bonds. The van der Waals surface area contributed by atoms with Crippen LogP contribution in [0, 0.1) is 17.8 Å². The molecule has 3 saturated heterocycles. The number of aliphatic hydroxyl groups is 5. The first-order valence-corrected chi connectivity index (χ1v) is 20.5. The zero-order valence-corrected chi connectivity index (χ0v) is 35.9. The molecule has 0 aromatic rings. The average molecular weight is 792 g/mol. The van der Waals surface area contributed by atoms with E-state index in [-0.39, 0.29) is 37.8 Å². The number of hydrogen-bond acceptors (Lipinski definition) is 15. The summed E-state index contributed by atoms with van der Waals surface area (Å²) in [6.45, 7) is 19.3. The number of aliphatic hydroxyl groups excluding tert-OH is 2. The number of nitrogens with one attached hydrogen (secondary N) is 2. The normalized spacial score (nSPS) is 47.2. The molecule has 7 N–H and O–H groups in total. The van der Waals surface area contributed by atoms with Crippen molar-refractivity contribution < 1.29 is 58.7 Å². The second-order valence-electron chi connectivity index (χ2n) is 17.7. The Kier molecular flexibility index (Phi) is 17.4. The Balaban J connectivity index is 2.14. The summed E-state index contributed by atoms with van der Waals surface area (Å²) in [6.07, 6.45) is -6.35. The van der Waals surface area contributed by atoms with Gasteiger partial charge in [0.1, 0.15) is 35.1 Å². The van der Waals surface area contributed by atoms with E-state index in [2.05, 4.69) is 10.6 Å². The summed E-state index contributed by atoms with van der Waals surface area (Å²) >= 11 is 0. The fourth-order valence-electron chi connectivity index (χ4n) is 8.99. The highest BCUT2D eigenvalue weighted by molar-refractivity contribution is 5.73. The van der Waals surface area contributed by atoms with Crippen LogP contribution in [0.5, 0.6) is 0 Å². The van der Waals surface area contributed by atoms with Gasteiger partial charge in [-0.05, 0) is 100 Å². The van der Waals surface area contributed by atoms with Crippen LogP contribution in [0.4, 0.5) is 0 Å². The minimum atomic E-state index is -1.81. The van der Waals surface area contributed by atoms with Crippen molar-refractivity contribution in [1.82, 2.24) is 15.5 Å². The lowest BCUT2D eigenvalue weighted by atomic mass is 9.75. The molecular formula is C40H77N3O12. The number of carbonyl (C=O) groups excluding carboxylic acids is 1. The number of likely N-dealkylation sites (N-methyl/N-ethyl adjacent to an activating group) is 1. The van der Waals surface area contributed by atoms with Gasteiger partial charge in [-0.25, -0.2) is 0 Å². The van der Waals surface area contributed by atoms with Crippen LogP contribution >= 0.6 is 0 Å². The molecule has 324 valence electrons. The van der Waals surface area contributed by atoms with Crippen molar-refractivity contribution in [3.05, 3.63) is 0 Å². The van der Waals surface area contributed by atoms with Crippen LogP contribution in [0.15, 0.2) is 0 Å². The summed E-state index contributed by atoms with van der Waals surface area (Å²) in [5, 5.41) is 65.5. The van der Waals surface area contributed by atoms with Gasteiger partial charge in [0.05, 0.1) is 36.4 Å². The molecule has 17 atom stereocenters. The predicted octanol–water partition coefficient (Wildman–Crippen LogP) is 1.54. The topological polar surface area (TPSA) is 201 Å². The molecule has 15 nitrogen and oxygen atoms in total. The Labute approximate surface area is 330 Å². The summed E-state index contributed by atoms with van der Waals surface area (Å²) < 4.78 is 38.0. The van der Waals surface area contributed by atoms with Crippen LogP contribution in [0.3, 0.4) is 0 Å². The molecule has 0 spiro atoms. The van der Waals surface area contributed by atoms with Gasteiger partial charge in [0, 0.05) is 38.1 Å². The zero-order valence-electron chi connectivity index (χ0n) is 35.9. The number of ether oxygens (including phenoxy) is 6. The molecule has 3 heterocycles. The lowest BCUT2D eigenvalue weighted by Gasteiger charge is -2.53. The molecule has 3 aliphatic rings. The first-order chi connectivity index (χ1) is 25.5. The maximum Gasteiger partial charge on any atom is 0.311 e. The van der Waals surface area contributed by atoms with Crippen LogP contribution in [0.25, 0.3) is 0 Å². The fourth-order valence-corrected chi connectivity index (χ4v) is 8.99. The summed E-state index contributed by atoms with van der Waals surface area (Å²) in [6, 6.07) is -0.851. The number of esters is 1. The van der Waals surface area contributed by atoms with Crippen LogP contribution in [-0.2, 0) is 33.2 Å². The van der Waals surface area contributed by atoms with Gasteiger partial charge in [-0.15, -0.1) is 0 Å². The molecular weight excluding hydrogens is 714 g/mol. The van der Waals surface area contributed by atoms with Crippen molar-refractivity contribution in [2.24, 2.45) is 17.8 Å². The largest absolute Gasteiger partial charge is 0.459 e. The fraction of sp³-hybridized carbons (Fsp3) is 0.975. The van der Waals surface area contributed by atoms with Crippen LogP contribution in [-0.4, -0.2) is 168 Å². The van der Waals surface area contributed by atoms with E-state index in [0.717, 1.165) is 6.42 Å². The van der Waals surface area contributed by atoms with E-state index >= 15 is 0 Å². The third kappa shape index (κ3) is 11.0. The molecule has 0 radical (unpaired) electrons. The molecule has 0 bridgehead atoms. The van der Waals surface area contributed by atoms with E-state index in [1.807, 2.05) is 46.7 Å². The van der Waals surface area contributed by atoms with Crippen LogP contribution in [0.1, 0.15) is 101 Å². The van der Waals surface area contributed by atoms with E-state index in [9.17, 15) is 30.3 Å². The lowest BCUT2D eigenvalue weighted by molar-refractivity contribution is -0.334. The van der Waals surface area contributed by atoms with Gasteiger partial charge in [-0.1, -0.05) is 27.7 Å². The Morgan fingerprint density at radius 3 is 2.24 bits per heavy atom. The van der Waals surface area contributed by atoms with E-state index < -0.39 is 95.5 Å². The number of rotatable bonds is 11. The zero-order chi connectivity index (χ0) is 41.7. The SMILES string of the molecule is CCCNC[C@]1(O)C(C)OC(OC2C(C)C(=O)OC(CC)[C@@](C)(O)[C@H](O)[C@@H](C)NC[C@H](C)C[C@](C)(O)[C@H](OC3OCCC(N(C)C)[C@H]3O)C2C)C[C@@]1(C)OC. The van der Waals surface area contributed by atoms with Gasteiger partial charge >= 0.3 is 5.97 Å². The number of hydrogen-bond donors (Lipinski definition) is 7. The Hall–Kier alpha value is -1.05. The maximum absolute atomic E-state index is 14.3. The first-order valence-electron chi connectivity index (χ1n) is 20.5. The molecule has 0 aromatic heterocycles. The summed E-state index contributed by atoms with van der Waals surface area (Å²) in [4.78, 5) is 16.2. The van der Waals surface area contributed by atoms with Crippen molar-refractivity contribution >= 4 is 5.97 Å². The molecule has 15 heteroatoms. The van der Waals surface area contributed by atoms with Crippen LogP contribution < -0.4 is 10.6 Å². The number of methoxy groups -OCH3 is 1. The van der Waals surface area contributed by atoms with Crippen LogP contribution in [0.2, 0.25) is 0 Å². The van der Waals surface area contributed by atoms with E-state index in [1.165, 1.54) is 14.0 Å². The second kappa shape index (κ2) is 19.8. The maximum atomic E-state index is 14.3.